The van der Waals surface area contributed by atoms with Gasteiger partial charge in [0.05, 0.1) is 23.1 Å². The summed E-state index contributed by atoms with van der Waals surface area (Å²) in [5.41, 5.74) is 2.75. The molecule has 3 aromatic carbocycles. The van der Waals surface area contributed by atoms with Crippen LogP contribution in [0.4, 0.5) is 0 Å². The average Bonchev–Trinajstić information content (AvgIpc) is 2.67. The van der Waals surface area contributed by atoms with Crippen molar-refractivity contribution < 1.29 is 13.2 Å². The molecule has 0 saturated heterocycles. The molecule has 140 valence electrons. The summed E-state index contributed by atoms with van der Waals surface area (Å²) in [6.07, 6.45) is 0. The summed E-state index contributed by atoms with van der Waals surface area (Å²) in [6, 6.07) is 21.1. The zero-order valence-electron chi connectivity index (χ0n) is 15.0. The normalized spacial score (nSPS) is 12.6. The molecule has 4 nitrogen and oxygen atoms in total. The van der Waals surface area contributed by atoms with E-state index < -0.39 is 16.1 Å². The Labute approximate surface area is 164 Å². The van der Waals surface area contributed by atoms with Gasteiger partial charge in [0, 0.05) is 0 Å². The minimum absolute atomic E-state index is 0.0859. The van der Waals surface area contributed by atoms with Gasteiger partial charge in [0.15, 0.2) is 0 Å². The van der Waals surface area contributed by atoms with E-state index in [0.29, 0.717) is 5.75 Å². The Bertz CT molecular complexity index is 1040. The molecule has 0 aliphatic carbocycles. The molecule has 0 saturated carbocycles. The first-order valence-corrected chi connectivity index (χ1v) is 10.2. The maximum absolute atomic E-state index is 13.0. The van der Waals surface area contributed by atoms with Crippen molar-refractivity contribution >= 4 is 21.6 Å². The average molecular weight is 402 g/mol. The number of methoxy groups -OCH3 is 1. The lowest BCUT2D eigenvalue weighted by Crippen LogP contribution is -2.30. The summed E-state index contributed by atoms with van der Waals surface area (Å²) in [5, 5.41) is 0.243. The van der Waals surface area contributed by atoms with Crippen LogP contribution in [0.3, 0.4) is 0 Å². The molecule has 6 heteroatoms. The Hall–Kier alpha value is -2.34. The summed E-state index contributed by atoms with van der Waals surface area (Å²) in [6.45, 7) is 1.96. The van der Waals surface area contributed by atoms with E-state index in [1.54, 1.807) is 6.07 Å². The van der Waals surface area contributed by atoms with E-state index in [0.717, 1.165) is 16.7 Å². The van der Waals surface area contributed by atoms with Gasteiger partial charge < -0.3 is 4.74 Å². The molecule has 0 amide bonds. The second kappa shape index (κ2) is 8.13. The molecule has 0 unspecified atom stereocenters. The highest BCUT2D eigenvalue weighted by atomic mass is 35.5. The maximum atomic E-state index is 13.0. The molecule has 0 bridgehead atoms. The molecule has 0 radical (unpaired) electrons. The number of hydrogen-bond donors (Lipinski definition) is 1. The predicted octanol–water partition coefficient (Wildman–Crippen LogP) is 4.72. The molecule has 0 aromatic heterocycles. The van der Waals surface area contributed by atoms with Crippen LogP contribution in [0.25, 0.3) is 0 Å². The molecular formula is C21H20ClNO3S. The van der Waals surface area contributed by atoms with Gasteiger partial charge in [0.1, 0.15) is 5.75 Å². The Morgan fingerprint density at radius 3 is 2.26 bits per heavy atom. The third-order valence-corrected chi connectivity index (χ3v) is 6.05. The van der Waals surface area contributed by atoms with Gasteiger partial charge >= 0.3 is 0 Å². The fraction of sp³-hybridized carbons (Fsp3) is 0.143. The fourth-order valence-corrected chi connectivity index (χ4v) is 4.46. The highest BCUT2D eigenvalue weighted by Gasteiger charge is 2.24. The Kier molecular flexibility index (Phi) is 5.85. The van der Waals surface area contributed by atoms with Gasteiger partial charge in [-0.1, -0.05) is 66.2 Å². The number of hydrogen-bond acceptors (Lipinski definition) is 3. The lowest BCUT2D eigenvalue weighted by molar-refractivity contribution is 0.414. The number of halogens is 1. The van der Waals surface area contributed by atoms with Crippen LogP contribution < -0.4 is 9.46 Å². The van der Waals surface area contributed by atoms with E-state index in [4.69, 9.17) is 16.3 Å². The lowest BCUT2D eigenvalue weighted by Gasteiger charge is -2.22. The first-order valence-electron chi connectivity index (χ1n) is 8.39. The topological polar surface area (TPSA) is 55.4 Å². The van der Waals surface area contributed by atoms with Gasteiger partial charge in [-0.05, 0) is 41.8 Å². The Morgan fingerprint density at radius 2 is 1.63 bits per heavy atom. The van der Waals surface area contributed by atoms with Crippen molar-refractivity contribution in [2.24, 2.45) is 0 Å². The monoisotopic (exact) mass is 401 g/mol. The van der Waals surface area contributed by atoms with E-state index in [2.05, 4.69) is 4.72 Å². The molecule has 0 aliphatic rings. The molecule has 0 aliphatic heterocycles. The third kappa shape index (κ3) is 4.33. The fourth-order valence-electron chi connectivity index (χ4n) is 2.90. The number of benzene rings is 3. The molecule has 1 atom stereocenters. The number of ether oxygens (including phenoxy) is 1. The summed E-state index contributed by atoms with van der Waals surface area (Å²) in [7, 11) is -2.33. The van der Waals surface area contributed by atoms with Crippen LogP contribution in [0.1, 0.15) is 22.7 Å². The number of aryl methyl sites for hydroxylation is 1. The van der Waals surface area contributed by atoms with E-state index in [1.807, 2.05) is 61.5 Å². The number of nitrogens with one attached hydrogen (secondary N) is 1. The van der Waals surface area contributed by atoms with Crippen LogP contribution in [0.5, 0.6) is 5.75 Å². The zero-order valence-corrected chi connectivity index (χ0v) is 16.6. The molecule has 0 fully saturated rings. The van der Waals surface area contributed by atoms with E-state index in [-0.39, 0.29) is 9.92 Å². The third-order valence-electron chi connectivity index (χ3n) is 4.34. The van der Waals surface area contributed by atoms with Gasteiger partial charge in [-0.3, -0.25) is 0 Å². The predicted molar refractivity (Wildman–Crippen MR) is 108 cm³/mol. The molecule has 3 rings (SSSR count). The summed E-state index contributed by atoms with van der Waals surface area (Å²) < 4.78 is 34.0. The first kappa shape index (κ1) is 19.4. The van der Waals surface area contributed by atoms with Crippen LogP contribution in [0.15, 0.2) is 77.7 Å². The van der Waals surface area contributed by atoms with Gasteiger partial charge in [-0.15, -0.1) is 0 Å². The molecule has 0 spiro atoms. The van der Waals surface area contributed by atoms with Gasteiger partial charge in [-0.25, -0.2) is 8.42 Å². The van der Waals surface area contributed by atoms with E-state index in [1.165, 1.54) is 19.2 Å². The Morgan fingerprint density at radius 1 is 0.963 bits per heavy atom. The smallest absolute Gasteiger partial charge is 0.241 e. The van der Waals surface area contributed by atoms with Crippen LogP contribution in [-0.2, 0) is 10.0 Å². The highest BCUT2D eigenvalue weighted by Crippen LogP contribution is 2.30. The van der Waals surface area contributed by atoms with Crippen LogP contribution >= 0.6 is 11.6 Å². The van der Waals surface area contributed by atoms with Crippen LogP contribution in [0.2, 0.25) is 5.02 Å². The van der Waals surface area contributed by atoms with Crippen molar-refractivity contribution in [3.63, 3.8) is 0 Å². The summed E-state index contributed by atoms with van der Waals surface area (Å²) >= 11 is 6.11. The number of sulfonamides is 1. The minimum Gasteiger partial charge on any atom is -0.495 e. The maximum Gasteiger partial charge on any atom is 0.241 e. The highest BCUT2D eigenvalue weighted by molar-refractivity contribution is 7.89. The van der Waals surface area contributed by atoms with Crippen molar-refractivity contribution in [3.05, 3.63) is 94.5 Å². The zero-order chi connectivity index (χ0) is 19.4. The van der Waals surface area contributed by atoms with E-state index >= 15 is 0 Å². The van der Waals surface area contributed by atoms with Crippen molar-refractivity contribution in [1.29, 1.82) is 0 Å². The lowest BCUT2D eigenvalue weighted by atomic mass is 9.96. The molecule has 1 N–H and O–H groups in total. The number of rotatable bonds is 6. The van der Waals surface area contributed by atoms with Crippen molar-refractivity contribution in [2.45, 2.75) is 17.9 Å². The molecule has 0 heterocycles. The summed E-state index contributed by atoms with van der Waals surface area (Å²) in [4.78, 5) is 0.0859. The minimum atomic E-state index is -3.81. The summed E-state index contributed by atoms with van der Waals surface area (Å²) in [5.74, 6) is 0.425. The molecule has 27 heavy (non-hydrogen) atoms. The van der Waals surface area contributed by atoms with Crippen LogP contribution in [-0.4, -0.2) is 15.5 Å². The SMILES string of the molecule is COc1ccc(S(=O)(=O)N[C@H](c2ccccc2)c2ccccc2C)cc1Cl. The van der Waals surface area contributed by atoms with Crippen molar-refractivity contribution in [2.75, 3.05) is 7.11 Å². The van der Waals surface area contributed by atoms with E-state index in [9.17, 15) is 8.42 Å². The van der Waals surface area contributed by atoms with Gasteiger partial charge in [0.25, 0.3) is 0 Å². The van der Waals surface area contributed by atoms with Crippen LogP contribution in [0, 0.1) is 6.92 Å². The quantitative estimate of drug-likeness (QED) is 0.649. The molecule has 3 aromatic rings. The van der Waals surface area contributed by atoms with Gasteiger partial charge in [0.2, 0.25) is 10.0 Å². The second-order valence-electron chi connectivity index (χ2n) is 6.12. The van der Waals surface area contributed by atoms with Gasteiger partial charge in [-0.2, -0.15) is 4.72 Å². The van der Waals surface area contributed by atoms with Crippen molar-refractivity contribution in [1.82, 2.24) is 4.72 Å². The second-order valence-corrected chi connectivity index (χ2v) is 8.24. The standard InChI is InChI=1S/C21H20ClNO3S/c1-15-8-6-7-11-18(15)21(16-9-4-3-5-10-16)23-27(24,25)17-12-13-20(26-2)19(22)14-17/h3-14,21,23H,1-2H3/t21-/m1/s1. The largest absolute Gasteiger partial charge is 0.495 e. The molecular weight excluding hydrogens is 382 g/mol. The Balaban J connectivity index is 2.04. The first-order chi connectivity index (χ1) is 12.9. The van der Waals surface area contributed by atoms with Crippen molar-refractivity contribution in [3.8, 4) is 5.75 Å².